The SMILES string of the molecule is CCOc1ccc(C2c3c(-c4ccc(OC)cc4)n[nH]c3C(=O)N2Cc2ccc(Cl)cc2)cc1OCC. The maximum Gasteiger partial charge on any atom is 0.273 e. The molecule has 37 heavy (non-hydrogen) atoms. The summed E-state index contributed by atoms with van der Waals surface area (Å²) < 4.78 is 17.0. The Balaban J connectivity index is 1.63. The predicted molar refractivity (Wildman–Crippen MR) is 143 cm³/mol. The highest BCUT2D eigenvalue weighted by molar-refractivity contribution is 6.30. The Morgan fingerprint density at radius 1 is 0.946 bits per heavy atom. The highest BCUT2D eigenvalue weighted by Crippen LogP contribution is 2.45. The third kappa shape index (κ3) is 4.74. The first-order chi connectivity index (χ1) is 18.0. The number of aromatic nitrogens is 2. The molecule has 3 aromatic carbocycles. The highest BCUT2D eigenvalue weighted by Gasteiger charge is 2.42. The second-order valence-corrected chi connectivity index (χ2v) is 9.06. The number of halogens is 1. The van der Waals surface area contributed by atoms with Crippen LogP contribution in [0.3, 0.4) is 0 Å². The van der Waals surface area contributed by atoms with Crippen LogP contribution in [0.25, 0.3) is 11.3 Å². The lowest BCUT2D eigenvalue weighted by Crippen LogP contribution is -2.29. The number of benzene rings is 3. The van der Waals surface area contributed by atoms with Gasteiger partial charge in [-0.25, -0.2) is 0 Å². The molecule has 190 valence electrons. The number of methoxy groups -OCH3 is 1. The normalized spacial score (nSPS) is 14.5. The number of nitrogens with zero attached hydrogens (tertiary/aromatic N) is 2. The Morgan fingerprint density at radius 2 is 1.65 bits per heavy atom. The second kappa shape index (κ2) is 10.6. The fourth-order valence-corrected chi connectivity index (χ4v) is 4.83. The van der Waals surface area contributed by atoms with Crippen LogP contribution in [0.4, 0.5) is 0 Å². The molecule has 0 saturated heterocycles. The molecule has 0 fully saturated rings. The summed E-state index contributed by atoms with van der Waals surface area (Å²) in [6.45, 7) is 5.30. The zero-order chi connectivity index (χ0) is 25.9. The molecule has 0 aliphatic carbocycles. The molecule has 1 aromatic heterocycles. The van der Waals surface area contributed by atoms with Crippen molar-refractivity contribution >= 4 is 17.5 Å². The molecular weight excluding hydrogens is 490 g/mol. The molecule has 4 aromatic rings. The summed E-state index contributed by atoms with van der Waals surface area (Å²) in [4.78, 5) is 15.6. The molecule has 1 atom stereocenters. The lowest BCUT2D eigenvalue weighted by atomic mass is 9.95. The van der Waals surface area contributed by atoms with Crippen LogP contribution in [-0.2, 0) is 6.54 Å². The molecule has 1 N–H and O–H groups in total. The van der Waals surface area contributed by atoms with Crippen LogP contribution in [0, 0.1) is 0 Å². The maximum atomic E-state index is 13.7. The summed E-state index contributed by atoms with van der Waals surface area (Å²) in [6, 6.07) is 20.7. The minimum absolute atomic E-state index is 0.117. The lowest BCUT2D eigenvalue weighted by Gasteiger charge is -2.27. The van der Waals surface area contributed by atoms with Crippen molar-refractivity contribution in [2.75, 3.05) is 20.3 Å². The van der Waals surface area contributed by atoms with Gasteiger partial charge in [0.1, 0.15) is 11.4 Å². The van der Waals surface area contributed by atoms with Gasteiger partial charge in [0.25, 0.3) is 5.91 Å². The van der Waals surface area contributed by atoms with E-state index in [4.69, 9.17) is 25.8 Å². The third-order valence-corrected chi connectivity index (χ3v) is 6.63. The van der Waals surface area contributed by atoms with Crippen molar-refractivity contribution in [3.8, 4) is 28.5 Å². The standard InChI is InChI=1S/C29H28ClN3O4/c1-4-36-23-15-10-20(16-24(23)37-5-2)28-25-26(19-8-13-22(35-3)14-9-19)31-32-27(25)29(34)33(28)17-18-6-11-21(30)12-7-18/h6-16,28H,4-5,17H2,1-3H3,(H,31,32). The molecule has 1 aliphatic heterocycles. The van der Waals surface area contributed by atoms with Gasteiger partial charge in [-0.1, -0.05) is 29.8 Å². The summed E-state index contributed by atoms with van der Waals surface area (Å²) in [5.41, 5.74) is 4.81. The largest absolute Gasteiger partial charge is 0.497 e. The van der Waals surface area contributed by atoms with Gasteiger partial charge in [0.2, 0.25) is 0 Å². The van der Waals surface area contributed by atoms with E-state index in [1.165, 1.54) is 0 Å². The summed E-state index contributed by atoms with van der Waals surface area (Å²) >= 11 is 6.11. The van der Waals surface area contributed by atoms with E-state index in [0.717, 1.165) is 33.7 Å². The van der Waals surface area contributed by atoms with E-state index in [2.05, 4.69) is 10.2 Å². The molecule has 7 nitrogen and oxygen atoms in total. The summed E-state index contributed by atoms with van der Waals surface area (Å²) in [5, 5.41) is 8.22. The lowest BCUT2D eigenvalue weighted by molar-refractivity contribution is 0.0729. The smallest absolute Gasteiger partial charge is 0.273 e. The van der Waals surface area contributed by atoms with E-state index in [0.29, 0.717) is 42.0 Å². The van der Waals surface area contributed by atoms with Gasteiger partial charge in [-0.05, 0) is 73.5 Å². The first-order valence-corrected chi connectivity index (χ1v) is 12.6. The quantitative estimate of drug-likeness (QED) is 0.282. The minimum atomic E-state index is -0.385. The van der Waals surface area contributed by atoms with Crippen LogP contribution >= 0.6 is 11.6 Å². The van der Waals surface area contributed by atoms with E-state index < -0.39 is 0 Å². The number of rotatable bonds is 9. The number of ether oxygens (including phenoxy) is 3. The molecule has 0 bridgehead atoms. The number of H-pyrrole nitrogens is 1. The molecule has 1 unspecified atom stereocenters. The number of carbonyl (C=O) groups is 1. The molecular formula is C29H28ClN3O4. The number of carbonyl (C=O) groups excluding carboxylic acids is 1. The Morgan fingerprint density at radius 3 is 2.32 bits per heavy atom. The summed E-state index contributed by atoms with van der Waals surface area (Å²) in [5.74, 6) is 1.95. The molecule has 0 spiro atoms. The molecule has 2 heterocycles. The van der Waals surface area contributed by atoms with Gasteiger partial charge in [-0.3, -0.25) is 9.89 Å². The number of amides is 1. The van der Waals surface area contributed by atoms with Crippen molar-refractivity contribution in [1.82, 2.24) is 15.1 Å². The Labute approximate surface area is 220 Å². The van der Waals surface area contributed by atoms with Crippen LogP contribution in [0.5, 0.6) is 17.2 Å². The molecule has 0 radical (unpaired) electrons. The van der Waals surface area contributed by atoms with Gasteiger partial charge in [0.15, 0.2) is 11.5 Å². The van der Waals surface area contributed by atoms with Crippen molar-refractivity contribution in [2.24, 2.45) is 0 Å². The zero-order valence-electron chi connectivity index (χ0n) is 21.0. The van der Waals surface area contributed by atoms with E-state index in [-0.39, 0.29) is 11.9 Å². The zero-order valence-corrected chi connectivity index (χ0v) is 21.7. The van der Waals surface area contributed by atoms with Gasteiger partial charge in [0, 0.05) is 22.7 Å². The van der Waals surface area contributed by atoms with Gasteiger partial charge >= 0.3 is 0 Å². The van der Waals surface area contributed by atoms with Crippen LogP contribution in [0.2, 0.25) is 5.02 Å². The van der Waals surface area contributed by atoms with Gasteiger partial charge in [0.05, 0.1) is 32.1 Å². The van der Waals surface area contributed by atoms with Gasteiger partial charge in [-0.15, -0.1) is 0 Å². The molecule has 1 aliphatic rings. The monoisotopic (exact) mass is 517 g/mol. The molecule has 8 heteroatoms. The number of aromatic amines is 1. The third-order valence-electron chi connectivity index (χ3n) is 6.38. The minimum Gasteiger partial charge on any atom is -0.497 e. The number of nitrogens with one attached hydrogen (secondary N) is 1. The fraction of sp³-hybridized carbons (Fsp3) is 0.241. The van der Waals surface area contributed by atoms with Gasteiger partial charge in [-0.2, -0.15) is 5.10 Å². The van der Waals surface area contributed by atoms with E-state index in [1.807, 2.05) is 85.5 Å². The van der Waals surface area contributed by atoms with E-state index in [1.54, 1.807) is 7.11 Å². The second-order valence-electron chi connectivity index (χ2n) is 8.62. The first-order valence-electron chi connectivity index (χ1n) is 12.2. The Bertz CT molecular complexity index is 1400. The Kier molecular flexibility index (Phi) is 7.06. The van der Waals surface area contributed by atoms with Gasteiger partial charge < -0.3 is 19.1 Å². The van der Waals surface area contributed by atoms with Crippen molar-refractivity contribution in [2.45, 2.75) is 26.4 Å². The van der Waals surface area contributed by atoms with Crippen molar-refractivity contribution in [1.29, 1.82) is 0 Å². The van der Waals surface area contributed by atoms with Crippen molar-refractivity contribution < 1.29 is 19.0 Å². The highest BCUT2D eigenvalue weighted by atomic mass is 35.5. The molecule has 0 saturated carbocycles. The molecule has 5 rings (SSSR count). The van der Waals surface area contributed by atoms with E-state index in [9.17, 15) is 4.79 Å². The Hall–Kier alpha value is -3.97. The van der Waals surface area contributed by atoms with Crippen molar-refractivity contribution in [3.05, 3.63) is 94.1 Å². The average molecular weight is 518 g/mol. The summed E-state index contributed by atoms with van der Waals surface area (Å²) in [6.07, 6.45) is 0. The number of hydrogen-bond donors (Lipinski definition) is 1. The predicted octanol–water partition coefficient (Wildman–Crippen LogP) is 6.28. The average Bonchev–Trinajstić information content (AvgIpc) is 3.46. The van der Waals surface area contributed by atoms with Crippen LogP contribution < -0.4 is 14.2 Å². The maximum absolute atomic E-state index is 13.7. The van der Waals surface area contributed by atoms with Crippen LogP contribution in [-0.4, -0.2) is 41.3 Å². The first kappa shape index (κ1) is 24.7. The topological polar surface area (TPSA) is 76.7 Å². The summed E-state index contributed by atoms with van der Waals surface area (Å²) in [7, 11) is 1.63. The van der Waals surface area contributed by atoms with Crippen molar-refractivity contribution in [3.63, 3.8) is 0 Å². The number of fused-ring (bicyclic) bond motifs is 1. The number of hydrogen-bond acceptors (Lipinski definition) is 5. The van der Waals surface area contributed by atoms with E-state index >= 15 is 0 Å². The van der Waals surface area contributed by atoms with Crippen LogP contribution in [0.15, 0.2) is 66.7 Å². The molecule has 1 amide bonds. The van der Waals surface area contributed by atoms with Crippen LogP contribution in [0.1, 0.15) is 47.1 Å². The fourth-order valence-electron chi connectivity index (χ4n) is 4.70.